The van der Waals surface area contributed by atoms with Gasteiger partial charge in [-0.2, -0.15) is 0 Å². The number of nitrogens with one attached hydrogen (secondary N) is 2. The molecule has 0 bridgehead atoms. The predicted molar refractivity (Wildman–Crippen MR) is 94.4 cm³/mol. The summed E-state index contributed by atoms with van der Waals surface area (Å²) in [4.78, 5) is 24.8. The van der Waals surface area contributed by atoms with Crippen LogP contribution in [0.5, 0.6) is 11.5 Å². The van der Waals surface area contributed by atoms with Crippen molar-refractivity contribution in [2.75, 3.05) is 18.5 Å². The van der Waals surface area contributed by atoms with Gasteiger partial charge in [-0.25, -0.2) is 0 Å². The molecule has 0 fully saturated rings. The lowest BCUT2D eigenvalue weighted by molar-refractivity contribution is 0.0944. The van der Waals surface area contributed by atoms with Crippen LogP contribution < -0.4 is 20.1 Å². The number of hydrogen-bond acceptors (Lipinski definition) is 4. The minimum Gasteiger partial charge on any atom is -0.486 e. The van der Waals surface area contributed by atoms with Gasteiger partial charge in [0.05, 0.1) is 11.3 Å². The summed E-state index contributed by atoms with van der Waals surface area (Å²) in [5.41, 5.74) is 1.31. The summed E-state index contributed by atoms with van der Waals surface area (Å²) in [7, 11) is 0. The maximum absolute atomic E-state index is 12.6. The molecule has 0 radical (unpaired) electrons. The van der Waals surface area contributed by atoms with Crippen molar-refractivity contribution in [3.8, 4) is 11.5 Å². The zero-order chi connectivity index (χ0) is 17.8. The fourth-order valence-corrected chi connectivity index (χ4v) is 2.51. The summed E-state index contributed by atoms with van der Waals surface area (Å²) in [5.74, 6) is 0.624. The second-order valence-electron chi connectivity index (χ2n) is 5.99. The third kappa shape index (κ3) is 3.91. The standard InChI is InChI=1S/C19H20N2O4/c1-12(2)20-19(23)14-5-3-4-6-15(14)21-18(22)13-7-8-16-17(11-13)25-10-9-24-16/h3-8,11-12H,9-10H2,1-2H3,(H,20,23)(H,21,22). The lowest BCUT2D eigenvalue weighted by Crippen LogP contribution is -2.31. The Morgan fingerprint density at radius 1 is 0.960 bits per heavy atom. The molecule has 6 heteroatoms. The summed E-state index contributed by atoms with van der Waals surface area (Å²) in [6.45, 7) is 4.72. The highest BCUT2D eigenvalue weighted by atomic mass is 16.6. The van der Waals surface area contributed by atoms with E-state index in [2.05, 4.69) is 10.6 Å². The molecule has 1 aliphatic heterocycles. The molecule has 0 saturated carbocycles. The number of para-hydroxylation sites is 1. The molecular weight excluding hydrogens is 320 g/mol. The molecule has 25 heavy (non-hydrogen) atoms. The molecule has 2 amide bonds. The van der Waals surface area contributed by atoms with E-state index in [1.807, 2.05) is 13.8 Å². The summed E-state index contributed by atoms with van der Waals surface area (Å²) in [5, 5.41) is 5.62. The van der Waals surface area contributed by atoms with Gasteiger partial charge in [0.2, 0.25) is 0 Å². The molecule has 1 aliphatic rings. The van der Waals surface area contributed by atoms with Gasteiger partial charge in [0.15, 0.2) is 11.5 Å². The van der Waals surface area contributed by atoms with Crippen molar-refractivity contribution in [2.45, 2.75) is 19.9 Å². The molecule has 0 saturated heterocycles. The van der Waals surface area contributed by atoms with Crippen LogP contribution in [0.2, 0.25) is 0 Å². The van der Waals surface area contributed by atoms with E-state index in [1.54, 1.807) is 42.5 Å². The van der Waals surface area contributed by atoms with Crippen LogP contribution >= 0.6 is 0 Å². The highest BCUT2D eigenvalue weighted by molar-refractivity contribution is 6.09. The number of carbonyl (C=O) groups is 2. The van der Waals surface area contributed by atoms with Crippen LogP contribution in [0.4, 0.5) is 5.69 Å². The quantitative estimate of drug-likeness (QED) is 0.897. The average Bonchev–Trinajstić information content (AvgIpc) is 2.61. The molecule has 3 rings (SSSR count). The summed E-state index contributed by atoms with van der Waals surface area (Å²) in [6.07, 6.45) is 0. The zero-order valence-electron chi connectivity index (χ0n) is 14.2. The fraction of sp³-hybridized carbons (Fsp3) is 0.263. The van der Waals surface area contributed by atoms with E-state index < -0.39 is 0 Å². The van der Waals surface area contributed by atoms with Gasteiger partial charge >= 0.3 is 0 Å². The number of hydrogen-bond donors (Lipinski definition) is 2. The number of benzene rings is 2. The second-order valence-corrected chi connectivity index (χ2v) is 5.99. The Kier molecular flexibility index (Phi) is 4.88. The van der Waals surface area contributed by atoms with Gasteiger partial charge in [-0.1, -0.05) is 12.1 Å². The Bertz CT molecular complexity index is 802. The van der Waals surface area contributed by atoms with E-state index in [4.69, 9.17) is 9.47 Å². The Labute approximate surface area is 146 Å². The lowest BCUT2D eigenvalue weighted by Gasteiger charge is -2.19. The SMILES string of the molecule is CC(C)NC(=O)c1ccccc1NC(=O)c1ccc2c(c1)OCCO2. The Morgan fingerprint density at radius 3 is 2.44 bits per heavy atom. The molecule has 1 heterocycles. The maximum atomic E-state index is 12.6. The fourth-order valence-electron chi connectivity index (χ4n) is 2.51. The summed E-state index contributed by atoms with van der Waals surface area (Å²) < 4.78 is 11.0. The van der Waals surface area contributed by atoms with Crippen molar-refractivity contribution < 1.29 is 19.1 Å². The van der Waals surface area contributed by atoms with Crippen molar-refractivity contribution in [1.29, 1.82) is 0 Å². The number of anilines is 1. The molecular formula is C19H20N2O4. The average molecular weight is 340 g/mol. The van der Waals surface area contributed by atoms with E-state index in [0.717, 1.165) is 0 Å². The predicted octanol–water partition coefficient (Wildman–Crippen LogP) is 2.85. The Balaban J connectivity index is 1.80. The lowest BCUT2D eigenvalue weighted by atomic mass is 10.1. The molecule has 2 N–H and O–H groups in total. The van der Waals surface area contributed by atoms with Crippen molar-refractivity contribution in [1.82, 2.24) is 5.32 Å². The van der Waals surface area contributed by atoms with Gasteiger partial charge in [-0.05, 0) is 44.2 Å². The van der Waals surface area contributed by atoms with E-state index in [0.29, 0.717) is 41.5 Å². The van der Waals surface area contributed by atoms with Gasteiger partial charge in [0, 0.05) is 11.6 Å². The van der Waals surface area contributed by atoms with Crippen LogP contribution in [0.25, 0.3) is 0 Å². The highest BCUT2D eigenvalue weighted by Crippen LogP contribution is 2.31. The normalized spacial score (nSPS) is 12.6. The molecule has 0 aliphatic carbocycles. The van der Waals surface area contributed by atoms with Gasteiger partial charge in [0.25, 0.3) is 11.8 Å². The Morgan fingerprint density at radius 2 is 1.68 bits per heavy atom. The monoisotopic (exact) mass is 340 g/mol. The maximum Gasteiger partial charge on any atom is 0.255 e. The largest absolute Gasteiger partial charge is 0.486 e. The summed E-state index contributed by atoms with van der Waals surface area (Å²) in [6, 6.07) is 11.9. The highest BCUT2D eigenvalue weighted by Gasteiger charge is 2.17. The van der Waals surface area contributed by atoms with Crippen LogP contribution in [0, 0.1) is 0 Å². The smallest absolute Gasteiger partial charge is 0.255 e. The number of amides is 2. The topological polar surface area (TPSA) is 76.7 Å². The number of ether oxygens (including phenoxy) is 2. The Hall–Kier alpha value is -3.02. The third-order valence-corrected chi connectivity index (χ3v) is 3.64. The molecule has 0 aromatic heterocycles. The van der Waals surface area contributed by atoms with Crippen LogP contribution in [-0.4, -0.2) is 31.1 Å². The van der Waals surface area contributed by atoms with Gasteiger partial charge in [0.1, 0.15) is 13.2 Å². The first-order valence-electron chi connectivity index (χ1n) is 8.15. The molecule has 0 atom stereocenters. The minimum absolute atomic E-state index is 0.00838. The van der Waals surface area contributed by atoms with Crippen LogP contribution in [0.1, 0.15) is 34.6 Å². The number of carbonyl (C=O) groups excluding carboxylic acids is 2. The van der Waals surface area contributed by atoms with Crippen LogP contribution in [0.3, 0.4) is 0 Å². The van der Waals surface area contributed by atoms with E-state index in [9.17, 15) is 9.59 Å². The van der Waals surface area contributed by atoms with Crippen LogP contribution in [-0.2, 0) is 0 Å². The van der Waals surface area contributed by atoms with Crippen molar-refractivity contribution in [3.05, 3.63) is 53.6 Å². The zero-order valence-corrected chi connectivity index (χ0v) is 14.2. The first kappa shape index (κ1) is 16.8. The molecule has 2 aromatic rings. The number of fused-ring (bicyclic) bond motifs is 1. The summed E-state index contributed by atoms with van der Waals surface area (Å²) >= 11 is 0. The van der Waals surface area contributed by atoms with E-state index in [1.165, 1.54) is 0 Å². The van der Waals surface area contributed by atoms with E-state index in [-0.39, 0.29) is 17.9 Å². The van der Waals surface area contributed by atoms with Gasteiger partial charge in [-0.15, -0.1) is 0 Å². The van der Waals surface area contributed by atoms with Crippen molar-refractivity contribution in [2.24, 2.45) is 0 Å². The number of rotatable bonds is 4. The molecule has 0 spiro atoms. The molecule has 2 aromatic carbocycles. The van der Waals surface area contributed by atoms with Gasteiger partial charge < -0.3 is 20.1 Å². The van der Waals surface area contributed by atoms with Gasteiger partial charge in [-0.3, -0.25) is 9.59 Å². The van der Waals surface area contributed by atoms with Crippen LogP contribution in [0.15, 0.2) is 42.5 Å². The first-order chi connectivity index (χ1) is 12.0. The van der Waals surface area contributed by atoms with Crippen molar-refractivity contribution in [3.63, 3.8) is 0 Å². The van der Waals surface area contributed by atoms with E-state index >= 15 is 0 Å². The third-order valence-electron chi connectivity index (χ3n) is 3.64. The molecule has 130 valence electrons. The molecule has 0 unspecified atom stereocenters. The minimum atomic E-state index is -0.318. The van der Waals surface area contributed by atoms with Crippen molar-refractivity contribution >= 4 is 17.5 Å². The second kappa shape index (κ2) is 7.25. The molecule has 6 nitrogen and oxygen atoms in total. The first-order valence-corrected chi connectivity index (χ1v) is 8.15.